The first-order valence-electron chi connectivity index (χ1n) is 9.25. The predicted molar refractivity (Wildman–Crippen MR) is 123 cm³/mol. The Kier molecular flexibility index (Phi) is 6.74. The van der Waals surface area contributed by atoms with E-state index in [2.05, 4.69) is 16.0 Å². The smallest absolute Gasteiger partial charge is 0.335 e. The summed E-state index contributed by atoms with van der Waals surface area (Å²) in [6, 6.07) is 19.6. The van der Waals surface area contributed by atoms with Crippen LogP contribution in [0.3, 0.4) is 0 Å². The molecule has 3 aromatic rings. The van der Waals surface area contributed by atoms with Crippen LogP contribution in [0.5, 0.6) is 0 Å². The van der Waals surface area contributed by atoms with E-state index in [1.165, 1.54) is 12.1 Å². The Bertz CT molecular complexity index is 1120. The highest BCUT2D eigenvalue weighted by Crippen LogP contribution is 2.13. The van der Waals surface area contributed by atoms with Crippen molar-refractivity contribution >= 4 is 46.5 Å². The Hall–Kier alpha value is -4.04. The lowest BCUT2D eigenvalue weighted by Crippen LogP contribution is -2.34. The minimum Gasteiger partial charge on any atom is -0.478 e. The number of carbonyl (C=O) groups is 3. The Morgan fingerprint density at radius 1 is 0.677 bits per heavy atom. The molecule has 0 saturated heterocycles. The topological polar surface area (TPSA) is 108 Å². The molecule has 8 heteroatoms. The second-order valence-electron chi connectivity index (χ2n) is 6.69. The van der Waals surface area contributed by atoms with Gasteiger partial charge in [-0.1, -0.05) is 17.7 Å². The third-order valence-corrected chi connectivity index (χ3v) is 4.54. The highest BCUT2D eigenvalue weighted by Gasteiger charge is 2.10. The van der Waals surface area contributed by atoms with Crippen molar-refractivity contribution < 1.29 is 19.5 Å². The molecular formula is C23H19N3O4S. The number of benzene rings is 3. The van der Waals surface area contributed by atoms with E-state index in [4.69, 9.17) is 17.3 Å². The van der Waals surface area contributed by atoms with Crippen LogP contribution in [0.4, 0.5) is 11.4 Å². The molecule has 0 aliphatic carbocycles. The molecule has 0 atom stereocenters. The van der Waals surface area contributed by atoms with E-state index < -0.39 is 11.9 Å². The number of aryl methyl sites for hydroxylation is 1. The normalized spacial score (nSPS) is 10.1. The first-order valence-corrected chi connectivity index (χ1v) is 9.66. The van der Waals surface area contributed by atoms with Crippen LogP contribution in [0.15, 0.2) is 72.8 Å². The summed E-state index contributed by atoms with van der Waals surface area (Å²) in [5, 5.41) is 17.1. The fourth-order valence-corrected chi connectivity index (χ4v) is 2.86. The third-order valence-electron chi connectivity index (χ3n) is 4.34. The highest BCUT2D eigenvalue weighted by atomic mass is 32.1. The number of nitrogens with one attached hydrogen (secondary N) is 3. The first-order chi connectivity index (χ1) is 14.8. The van der Waals surface area contributed by atoms with Gasteiger partial charge in [-0.15, -0.1) is 0 Å². The number of aromatic carboxylic acids is 1. The van der Waals surface area contributed by atoms with E-state index in [1.54, 1.807) is 48.5 Å². The molecular weight excluding hydrogens is 414 g/mol. The van der Waals surface area contributed by atoms with Crippen LogP contribution in [0.1, 0.15) is 36.6 Å². The number of hydrogen-bond donors (Lipinski definition) is 4. The van der Waals surface area contributed by atoms with Crippen LogP contribution < -0.4 is 16.0 Å². The molecule has 0 spiro atoms. The van der Waals surface area contributed by atoms with Gasteiger partial charge >= 0.3 is 5.97 Å². The van der Waals surface area contributed by atoms with E-state index in [-0.39, 0.29) is 16.6 Å². The minimum absolute atomic E-state index is 0.0739. The second-order valence-corrected chi connectivity index (χ2v) is 7.10. The molecule has 3 rings (SSSR count). The first kappa shape index (κ1) is 21.7. The van der Waals surface area contributed by atoms with Crippen molar-refractivity contribution in [3.8, 4) is 0 Å². The van der Waals surface area contributed by atoms with Crippen LogP contribution in [0.25, 0.3) is 0 Å². The fourth-order valence-electron chi connectivity index (χ4n) is 2.65. The summed E-state index contributed by atoms with van der Waals surface area (Å²) in [6.07, 6.45) is 0. The molecule has 0 aliphatic rings. The van der Waals surface area contributed by atoms with Crippen molar-refractivity contribution in [1.82, 2.24) is 5.32 Å². The monoisotopic (exact) mass is 433 g/mol. The van der Waals surface area contributed by atoms with Crippen molar-refractivity contribution in [2.45, 2.75) is 6.92 Å². The summed E-state index contributed by atoms with van der Waals surface area (Å²) < 4.78 is 0. The summed E-state index contributed by atoms with van der Waals surface area (Å²) in [4.78, 5) is 35.5. The van der Waals surface area contributed by atoms with Gasteiger partial charge in [-0.3, -0.25) is 14.9 Å². The Morgan fingerprint density at radius 3 is 1.68 bits per heavy atom. The summed E-state index contributed by atoms with van der Waals surface area (Å²) in [5.74, 6) is -1.69. The van der Waals surface area contributed by atoms with Gasteiger partial charge in [-0.2, -0.15) is 0 Å². The summed E-state index contributed by atoms with van der Waals surface area (Å²) in [5.41, 5.74) is 3.22. The van der Waals surface area contributed by atoms with Crippen LogP contribution >= 0.6 is 12.2 Å². The molecule has 7 nitrogen and oxygen atoms in total. The predicted octanol–water partition coefficient (Wildman–Crippen LogP) is 4.07. The standard InChI is InChI=1S/C23H19N3O4S/c1-14-2-4-15(5-3-14)20(27)24-18-10-6-16(7-11-18)21(28)26-23(31)25-19-12-8-17(9-13-19)22(29)30/h2-13H,1H3,(H,24,27)(H,29,30)(H2,25,26,28,31). The number of thiocarbonyl (C=S) groups is 1. The van der Waals surface area contributed by atoms with E-state index in [0.29, 0.717) is 22.5 Å². The molecule has 0 radical (unpaired) electrons. The molecule has 0 aromatic heterocycles. The third kappa shape index (κ3) is 5.97. The van der Waals surface area contributed by atoms with Crippen molar-refractivity contribution in [2.75, 3.05) is 10.6 Å². The van der Waals surface area contributed by atoms with Gasteiger partial charge in [-0.05, 0) is 79.8 Å². The number of carboxylic acid groups (broad SMARTS) is 1. The zero-order chi connectivity index (χ0) is 22.4. The zero-order valence-corrected chi connectivity index (χ0v) is 17.3. The highest BCUT2D eigenvalue weighted by molar-refractivity contribution is 7.80. The number of anilines is 2. The number of carbonyl (C=O) groups excluding carboxylic acids is 2. The molecule has 0 heterocycles. The number of rotatable bonds is 5. The van der Waals surface area contributed by atoms with Crippen molar-refractivity contribution in [3.63, 3.8) is 0 Å². The van der Waals surface area contributed by atoms with E-state index >= 15 is 0 Å². The SMILES string of the molecule is Cc1ccc(C(=O)Nc2ccc(C(=O)NC(=S)Nc3ccc(C(=O)O)cc3)cc2)cc1. The van der Waals surface area contributed by atoms with E-state index in [1.807, 2.05) is 19.1 Å². The molecule has 2 amide bonds. The molecule has 156 valence electrons. The molecule has 4 N–H and O–H groups in total. The van der Waals surface area contributed by atoms with Gasteiger partial charge in [0, 0.05) is 22.5 Å². The molecule has 0 aliphatic heterocycles. The van der Waals surface area contributed by atoms with Gasteiger partial charge in [0.25, 0.3) is 11.8 Å². The minimum atomic E-state index is -1.03. The average Bonchev–Trinajstić information content (AvgIpc) is 2.75. The Labute approximate surface area is 184 Å². The number of hydrogen-bond acceptors (Lipinski definition) is 4. The molecule has 31 heavy (non-hydrogen) atoms. The van der Waals surface area contributed by atoms with Gasteiger partial charge in [0.1, 0.15) is 0 Å². The van der Waals surface area contributed by atoms with E-state index in [0.717, 1.165) is 5.56 Å². The lowest BCUT2D eigenvalue weighted by atomic mass is 10.1. The molecule has 3 aromatic carbocycles. The maximum Gasteiger partial charge on any atom is 0.335 e. The van der Waals surface area contributed by atoms with E-state index in [9.17, 15) is 14.4 Å². The maximum atomic E-state index is 12.4. The average molecular weight is 433 g/mol. The maximum absolute atomic E-state index is 12.4. The van der Waals surface area contributed by atoms with Crippen molar-refractivity contribution in [1.29, 1.82) is 0 Å². The second kappa shape index (κ2) is 9.64. The van der Waals surface area contributed by atoms with Gasteiger partial charge in [0.2, 0.25) is 0 Å². The largest absolute Gasteiger partial charge is 0.478 e. The van der Waals surface area contributed by atoms with Gasteiger partial charge in [0.15, 0.2) is 5.11 Å². The van der Waals surface area contributed by atoms with Crippen LogP contribution in [0.2, 0.25) is 0 Å². The number of carboxylic acids is 1. The molecule has 0 fully saturated rings. The zero-order valence-electron chi connectivity index (χ0n) is 16.5. The van der Waals surface area contributed by atoms with Crippen molar-refractivity contribution in [3.05, 3.63) is 95.1 Å². The van der Waals surface area contributed by atoms with Gasteiger partial charge in [-0.25, -0.2) is 4.79 Å². The Balaban J connectivity index is 1.55. The molecule has 0 unspecified atom stereocenters. The van der Waals surface area contributed by atoms with Crippen molar-refractivity contribution in [2.24, 2.45) is 0 Å². The van der Waals surface area contributed by atoms with Gasteiger partial charge in [0.05, 0.1) is 5.56 Å². The number of amides is 2. The summed E-state index contributed by atoms with van der Waals surface area (Å²) in [6.45, 7) is 1.95. The van der Waals surface area contributed by atoms with Crippen LogP contribution in [-0.4, -0.2) is 28.0 Å². The summed E-state index contributed by atoms with van der Waals surface area (Å²) in [7, 11) is 0. The molecule has 0 saturated carbocycles. The quantitative estimate of drug-likeness (QED) is 0.452. The fraction of sp³-hybridized carbons (Fsp3) is 0.0435. The summed E-state index contributed by atoms with van der Waals surface area (Å²) >= 11 is 5.13. The van der Waals surface area contributed by atoms with Crippen LogP contribution in [-0.2, 0) is 0 Å². The van der Waals surface area contributed by atoms with Gasteiger partial charge < -0.3 is 15.7 Å². The Morgan fingerprint density at radius 2 is 1.13 bits per heavy atom. The lowest BCUT2D eigenvalue weighted by Gasteiger charge is -2.10. The van der Waals surface area contributed by atoms with Crippen LogP contribution in [0, 0.1) is 6.92 Å². The molecule has 0 bridgehead atoms. The lowest BCUT2D eigenvalue weighted by molar-refractivity contribution is 0.0696.